The summed E-state index contributed by atoms with van der Waals surface area (Å²) in [7, 11) is 0. The van der Waals surface area contributed by atoms with E-state index in [1.807, 2.05) is 18.7 Å². The smallest absolute Gasteiger partial charge is 0.337 e. The number of nitrogens with zero attached hydrogens (tertiary/aromatic N) is 2. The molecule has 6 nitrogen and oxygen atoms in total. The molecule has 1 saturated heterocycles. The number of carboxylic acids is 1. The molecule has 0 radical (unpaired) electrons. The summed E-state index contributed by atoms with van der Waals surface area (Å²) in [5.41, 5.74) is 0.498. The summed E-state index contributed by atoms with van der Waals surface area (Å²) in [4.78, 5) is 23.8. The summed E-state index contributed by atoms with van der Waals surface area (Å²) in [5, 5.41) is 20.2. The van der Waals surface area contributed by atoms with Crippen LogP contribution in [0, 0.1) is 10.1 Å². The zero-order valence-corrected chi connectivity index (χ0v) is 11.6. The van der Waals surface area contributed by atoms with Crippen LogP contribution < -0.4 is 4.90 Å². The highest BCUT2D eigenvalue weighted by Crippen LogP contribution is 2.34. The molecule has 1 fully saturated rings. The molecule has 0 bridgehead atoms. The zero-order valence-electron chi connectivity index (χ0n) is 11.6. The number of hydrogen-bond acceptors (Lipinski definition) is 4. The number of anilines is 1. The van der Waals surface area contributed by atoms with Crippen LogP contribution in [-0.2, 0) is 0 Å². The highest BCUT2D eigenvalue weighted by atomic mass is 16.6. The molecule has 6 heteroatoms. The van der Waals surface area contributed by atoms with Crippen molar-refractivity contribution in [2.75, 3.05) is 4.90 Å². The number of piperidine rings is 1. The summed E-state index contributed by atoms with van der Waals surface area (Å²) in [6.45, 7) is 4.06. The Balaban J connectivity index is 2.53. The van der Waals surface area contributed by atoms with Crippen LogP contribution in [0.2, 0.25) is 0 Å². The van der Waals surface area contributed by atoms with Gasteiger partial charge in [-0.05, 0) is 39.2 Å². The second kappa shape index (κ2) is 5.48. The first-order valence-corrected chi connectivity index (χ1v) is 6.72. The molecule has 1 aliphatic heterocycles. The third-order valence-corrected chi connectivity index (χ3v) is 3.89. The summed E-state index contributed by atoms with van der Waals surface area (Å²) in [5.74, 6) is -1.06. The molecule has 1 aromatic carbocycles. The Morgan fingerprint density at radius 1 is 1.35 bits per heavy atom. The molecule has 1 aliphatic rings. The van der Waals surface area contributed by atoms with E-state index < -0.39 is 10.9 Å². The maximum absolute atomic E-state index is 11.4. The monoisotopic (exact) mass is 278 g/mol. The topological polar surface area (TPSA) is 83.7 Å². The second-order valence-corrected chi connectivity index (χ2v) is 5.30. The van der Waals surface area contributed by atoms with Crippen LogP contribution in [-0.4, -0.2) is 28.1 Å². The van der Waals surface area contributed by atoms with E-state index in [2.05, 4.69) is 0 Å². The molecule has 20 heavy (non-hydrogen) atoms. The highest BCUT2D eigenvalue weighted by molar-refractivity contribution is 5.95. The Bertz CT molecular complexity index is 534. The van der Waals surface area contributed by atoms with E-state index in [9.17, 15) is 20.0 Å². The fourth-order valence-corrected chi connectivity index (χ4v) is 2.92. The van der Waals surface area contributed by atoms with Gasteiger partial charge in [-0.3, -0.25) is 10.1 Å². The Morgan fingerprint density at radius 3 is 2.45 bits per heavy atom. The molecule has 1 aromatic rings. The van der Waals surface area contributed by atoms with Crippen LogP contribution in [0.5, 0.6) is 0 Å². The van der Waals surface area contributed by atoms with Crippen molar-refractivity contribution in [1.82, 2.24) is 0 Å². The number of nitro benzene ring substituents is 1. The van der Waals surface area contributed by atoms with Gasteiger partial charge in [-0.2, -0.15) is 0 Å². The van der Waals surface area contributed by atoms with Crippen molar-refractivity contribution in [1.29, 1.82) is 0 Å². The number of non-ortho nitro benzene ring substituents is 1. The number of carboxylic acid groups (broad SMARTS) is 1. The summed E-state index contributed by atoms with van der Waals surface area (Å²) in [6, 6.07) is 4.30. The minimum atomic E-state index is -1.06. The van der Waals surface area contributed by atoms with Crippen LogP contribution >= 0.6 is 0 Å². The maximum Gasteiger partial charge on any atom is 0.337 e. The first-order chi connectivity index (χ1) is 9.41. The molecular formula is C14H18N2O4. The fourth-order valence-electron chi connectivity index (χ4n) is 2.92. The molecule has 1 N–H and O–H groups in total. The van der Waals surface area contributed by atoms with Crippen molar-refractivity contribution in [2.45, 2.75) is 45.2 Å². The van der Waals surface area contributed by atoms with Gasteiger partial charge in [0.2, 0.25) is 0 Å². The number of nitro groups is 1. The summed E-state index contributed by atoms with van der Waals surface area (Å²) in [6.07, 6.45) is 3.02. The van der Waals surface area contributed by atoms with Crippen LogP contribution in [0.1, 0.15) is 43.5 Å². The Labute approximate surface area is 117 Å². The van der Waals surface area contributed by atoms with Gasteiger partial charge >= 0.3 is 5.97 Å². The fraction of sp³-hybridized carbons (Fsp3) is 0.500. The minimum absolute atomic E-state index is 0.0741. The minimum Gasteiger partial charge on any atom is -0.478 e. The Morgan fingerprint density at radius 2 is 1.95 bits per heavy atom. The van der Waals surface area contributed by atoms with Gasteiger partial charge in [-0.25, -0.2) is 4.79 Å². The van der Waals surface area contributed by atoms with E-state index in [0.717, 1.165) is 19.3 Å². The predicted octanol–water partition coefficient (Wildman–Crippen LogP) is 3.06. The molecule has 0 unspecified atom stereocenters. The van der Waals surface area contributed by atoms with Crippen molar-refractivity contribution in [3.63, 3.8) is 0 Å². The molecule has 0 amide bonds. The van der Waals surface area contributed by atoms with Gasteiger partial charge in [0.15, 0.2) is 0 Å². The van der Waals surface area contributed by atoms with E-state index in [1.165, 1.54) is 18.2 Å². The lowest BCUT2D eigenvalue weighted by Crippen LogP contribution is -2.44. The van der Waals surface area contributed by atoms with E-state index >= 15 is 0 Å². The number of aromatic carboxylic acids is 1. The van der Waals surface area contributed by atoms with Crippen molar-refractivity contribution in [3.05, 3.63) is 33.9 Å². The lowest BCUT2D eigenvalue weighted by Gasteiger charge is -2.41. The molecule has 0 spiro atoms. The van der Waals surface area contributed by atoms with Gasteiger partial charge in [0.05, 0.1) is 16.2 Å². The van der Waals surface area contributed by atoms with Gasteiger partial charge < -0.3 is 10.0 Å². The van der Waals surface area contributed by atoms with Gasteiger partial charge in [0, 0.05) is 24.2 Å². The predicted molar refractivity (Wildman–Crippen MR) is 75.3 cm³/mol. The third kappa shape index (κ3) is 2.59. The summed E-state index contributed by atoms with van der Waals surface area (Å²) < 4.78 is 0. The SMILES string of the molecule is C[C@@H]1CCC[C@H](C)N1c1cc([N+](=O)[O-])ccc1C(=O)O. The first-order valence-electron chi connectivity index (χ1n) is 6.72. The van der Waals surface area contributed by atoms with Crippen LogP contribution in [0.25, 0.3) is 0 Å². The molecule has 1 heterocycles. The Kier molecular flexibility index (Phi) is 3.92. The van der Waals surface area contributed by atoms with Crippen molar-refractivity contribution in [3.8, 4) is 0 Å². The largest absolute Gasteiger partial charge is 0.478 e. The van der Waals surface area contributed by atoms with E-state index in [4.69, 9.17) is 0 Å². The van der Waals surface area contributed by atoms with Crippen molar-refractivity contribution in [2.24, 2.45) is 0 Å². The zero-order chi connectivity index (χ0) is 14.9. The quantitative estimate of drug-likeness (QED) is 0.678. The highest BCUT2D eigenvalue weighted by Gasteiger charge is 2.29. The lowest BCUT2D eigenvalue weighted by molar-refractivity contribution is -0.384. The average Bonchev–Trinajstić information content (AvgIpc) is 2.38. The van der Waals surface area contributed by atoms with E-state index in [1.54, 1.807) is 0 Å². The number of rotatable bonds is 3. The second-order valence-electron chi connectivity index (χ2n) is 5.30. The van der Waals surface area contributed by atoms with Crippen LogP contribution in [0.3, 0.4) is 0 Å². The van der Waals surface area contributed by atoms with Crippen LogP contribution in [0.4, 0.5) is 11.4 Å². The molecule has 0 saturated carbocycles. The normalized spacial score (nSPS) is 22.6. The Hall–Kier alpha value is -2.11. The molecule has 0 aromatic heterocycles. The van der Waals surface area contributed by atoms with Crippen molar-refractivity contribution >= 4 is 17.3 Å². The van der Waals surface area contributed by atoms with Crippen molar-refractivity contribution < 1.29 is 14.8 Å². The standard InChI is InChI=1S/C14H18N2O4/c1-9-4-3-5-10(2)15(9)13-8-11(16(19)20)6-7-12(13)14(17)18/h6-10H,3-5H2,1-2H3,(H,17,18)/t9-,10+. The molecule has 2 atom stereocenters. The molecule has 108 valence electrons. The van der Waals surface area contributed by atoms with E-state index in [0.29, 0.717) is 5.69 Å². The third-order valence-electron chi connectivity index (χ3n) is 3.89. The van der Waals surface area contributed by atoms with Gasteiger partial charge in [-0.15, -0.1) is 0 Å². The van der Waals surface area contributed by atoms with E-state index in [-0.39, 0.29) is 23.3 Å². The van der Waals surface area contributed by atoms with Gasteiger partial charge in [-0.1, -0.05) is 0 Å². The maximum atomic E-state index is 11.4. The molecule has 2 rings (SSSR count). The first kappa shape index (κ1) is 14.3. The van der Waals surface area contributed by atoms with Gasteiger partial charge in [0.1, 0.15) is 0 Å². The molecular weight excluding hydrogens is 260 g/mol. The van der Waals surface area contributed by atoms with Gasteiger partial charge in [0.25, 0.3) is 5.69 Å². The number of carbonyl (C=O) groups is 1. The number of benzene rings is 1. The molecule has 0 aliphatic carbocycles. The summed E-state index contributed by atoms with van der Waals surface area (Å²) >= 11 is 0. The number of hydrogen-bond donors (Lipinski definition) is 1. The lowest BCUT2D eigenvalue weighted by atomic mass is 9.95. The average molecular weight is 278 g/mol. The van der Waals surface area contributed by atoms with Crippen LogP contribution in [0.15, 0.2) is 18.2 Å².